The van der Waals surface area contributed by atoms with Crippen LogP contribution < -0.4 is 27.4 Å². The molecule has 0 saturated heterocycles. The summed E-state index contributed by atoms with van der Waals surface area (Å²) in [5, 5.41) is -0.869. The van der Waals surface area contributed by atoms with Crippen LogP contribution in [0.3, 0.4) is 0 Å². The molecule has 10 heteroatoms. The molecule has 0 aliphatic rings. The first kappa shape index (κ1) is 21.8. The van der Waals surface area contributed by atoms with Gasteiger partial charge in [-0.1, -0.05) is 24.3 Å². The SMILES string of the molecule is Nc1ccccc1P(=O)(c1cc(C(F)(F)F)cc(C(F)(F)F)c1)c1ccccc1N. The first-order chi connectivity index (χ1) is 13.8. The summed E-state index contributed by atoms with van der Waals surface area (Å²) in [5.41, 5.74) is 8.61. The van der Waals surface area contributed by atoms with Gasteiger partial charge in [-0.2, -0.15) is 26.3 Å². The van der Waals surface area contributed by atoms with E-state index in [-0.39, 0.29) is 28.1 Å². The molecule has 0 atom stereocenters. The summed E-state index contributed by atoms with van der Waals surface area (Å²) in [7, 11) is -4.29. The van der Waals surface area contributed by atoms with Crippen molar-refractivity contribution < 1.29 is 30.9 Å². The van der Waals surface area contributed by atoms with E-state index in [1.165, 1.54) is 48.5 Å². The average Bonchev–Trinajstić information content (AvgIpc) is 2.66. The van der Waals surface area contributed by atoms with E-state index >= 15 is 0 Å². The van der Waals surface area contributed by atoms with Gasteiger partial charge < -0.3 is 16.0 Å². The van der Waals surface area contributed by atoms with E-state index in [0.29, 0.717) is 12.1 Å². The number of nitrogen functional groups attached to an aromatic ring is 2. The van der Waals surface area contributed by atoms with E-state index in [9.17, 15) is 30.9 Å². The first-order valence-corrected chi connectivity index (χ1v) is 10.2. The van der Waals surface area contributed by atoms with Gasteiger partial charge in [0, 0.05) is 27.3 Å². The zero-order valence-electron chi connectivity index (χ0n) is 15.1. The Labute approximate surface area is 167 Å². The summed E-state index contributed by atoms with van der Waals surface area (Å²) >= 11 is 0. The Kier molecular flexibility index (Phi) is 5.37. The Hall–Kier alpha value is -2.93. The van der Waals surface area contributed by atoms with Gasteiger partial charge in [-0.3, -0.25) is 0 Å². The van der Waals surface area contributed by atoms with E-state index in [2.05, 4.69) is 0 Å². The summed E-state index contributed by atoms with van der Waals surface area (Å²) in [6.07, 6.45) is -10.2. The molecule has 0 aliphatic heterocycles. The fourth-order valence-electron chi connectivity index (χ4n) is 3.08. The molecule has 0 saturated carbocycles. The summed E-state index contributed by atoms with van der Waals surface area (Å²) < 4.78 is 94.6. The lowest BCUT2D eigenvalue weighted by Gasteiger charge is -2.24. The van der Waals surface area contributed by atoms with Gasteiger partial charge in [-0.05, 0) is 42.5 Å². The molecule has 0 aliphatic carbocycles. The van der Waals surface area contributed by atoms with E-state index < -0.39 is 35.9 Å². The standard InChI is InChI=1S/C20H15F6N2OP/c21-19(22,23)12-9-13(20(24,25)26)11-14(10-12)30(29,17-7-3-1-5-15(17)27)18-8-4-2-6-16(18)28/h1-11H,27-28H2. The summed E-state index contributed by atoms with van der Waals surface area (Å²) in [6, 6.07) is 12.1. The van der Waals surface area contributed by atoms with E-state index in [4.69, 9.17) is 11.5 Å². The Bertz CT molecular complexity index is 1060. The van der Waals surface area contributed by atoms with Crippen LogP contribution in [0.4, 0.5) is 37.7 Å². The second-order valence-corrected chi connectivity index (χ2v) is 9.19. The van der Waals surface area contributed by atoms with Crippen molar-refractivity contribution in [2.75, 3.05) is 11.5 Å². The summed E-state index contributed by atoms with van der Waals surface area (Å²) in [6.45, 7) is 0. The van der Waals surface area contributed by atoms with Crippen molar-refractivity contribution >= 4 is 34.4 Å². The van der Waals surface area contributed by atoms with Crippen LogP contribution in [-0.2, 0) is 16.9 Å². The number of benzene rings is 3. The third-order valence-corrected chi connectivity index (χ3v) is 7.65. The fourth-order valence-corrected chi connectivity index (χ4v) is 6.00. The van der Waals surface area contributed by atoms with Gasteiger partial charge in [0.15, 0.2) is 7.14 Å². The highest BCUT2D eigenvalue weighted by molar-refractivity contribution is 7.85. The van der Waals surface area contributed by atoms with Crippen LogP contribution in [0.25, 0.3) is 0 Å². The minimum Gasteiger partial charge on any atom is -0.398 e. The van der Waals surface area contributed by atoms with E-state index in [1.54, 1.807) is 0 Å². The Morgan fingerprint density at radius 2 is 1.00 bits per heavy atom. The lowest BCUT2D eigenvalue weighted by atomic mass is 10.1. The van der Waals surface area contributed by atoms with Crippen LogP contribution in [-0.4, -0.2) is 0 Å². The van der Waals surface area contributed by atoms with Crippen molar-refractivity contribution in [2.24, 2.45) is 0 Å². The molecule has 0 fully saturated rings. The maximum Gasteiger partial charge on any atom is 0.416 e. The molecule has 0 aromatic heterocycles. The zero-order chi connectivity index (χ0) is 22.3. The number of hydrogen-bond donors (Lipinski definition) is 2. The lowest BCUT2D eigenvalue weighted by molar-refractivity contribution is -0.142. The molecule has 0 bridgehead atoms. The predicted molar refractivity (Wildman–Crippen MR) is 105 cm³/mol. The molecule has 3 aromatic rings. The number of halogens is 6. The minimum atomic E-state index is -5.09. The van der Waals surface area contributed by atoms with Crippen LogP contribution in [0.1, 0.15) is 11.1 Å². The molecular formula is C20H15F6N2OP. The molecule has 158 valence electrons. The third kappa shape index (κ3) is 3.89. The Balaban J connectivity index is 2.46. The molecule has 3 rings (SSSR count). The van der Waals surface area contributed by atoms with Gasteiger partial charge in [-0.15, -0.1) is 0 Å². The van der Waals surface area contributed by atoms with Gasteiger partial charge >= 0.3 is 12.4 Å². The molecule has 0 spiro atoms. The Morgan fingerprint density at radius 3 is 1.33 bits per heavy atom. The highest BCUT2D eigenvalue weighted by Gasteiger charge is 2.41. The molecule has 4 N–H and O–H groups in total. The van der Waals surface area contributed by atoms with Crippen LogP contribution in [0.5, 0.6) is 0 Å². The topological polar surface area (TPSA) is 69.1 Å². The van der Waals surface area contributed by atoms with Gasteiger partial charge in [0.2, 0.25) is 0 Å². The highest BCUT2D eigenvalue weighted by Crippen LogP contribution is 2.47. The number of anilines is 2. The van der Waals surface area contributed by atoms with Crippen molar-refractivity contribution in [2.45, 2.75) is 12.4 Å². The van der Waals surface area contributed by atoms with Gasteiger partial charge in [-0.25, -0.2) is 0 Å². The van der Waals surface area contributed by atoms with Crippen molar-refractivity contribution in [1.82, 2.24) is 0 Å². The predicted octanol–water partition coefficient (Wildman–Crippen LogP) is 4.53. The molecule has 3 nitrogen and oxygen atoms in total. The van der Waals surface area contributed by atoms with Crippen LogP contribution in [0.15, 0.2) is 66.7 Å². The second-order valence-electron chi connectivity index (χ2n) is 6.49. The molecule has 3 aromatic carbocycles. The first-order valence-electron chi connectivity index (χ1n) is 8.45. The highest BCUT2D eigenvalue weighted by atomic mass is 31.2. The molecule has 0 radical (unpaired) electrons. The van der Waals surface area contributed by atoms with Crippen molar-refractivity contribution in [3.8, 4) is 0 Å². The zero-order valence-corrected chi connectivity index (χ0v) is 16.0. The van der Waals surface area contributed by atoms with Crippen molar-refractivity contribution in [3.05, 3.63) is 77.9 Å². The number of alkyl halides is 6. The minimum absolute atomic E-state index is 0.0173. The van der Waals surface area contributed by atoms with E-state index in [1.807, 2.05) is 0 Å². The fraction of sp³-hybridized carbons (Fsp3) is 0.100. The smallest absolute Gasteiger partial charge is 0.398 e. The number of hydrogen-bond acceptors (Lipinski definition) is 3. The largest absolute Gasteiger partial charge is 0.416 e. The van der Waals surface area contributed by atoms with Gasteiger partial charge in [0.1, 0.15) is 0 Å². The summed E-state index contributed by atoms with van der Waals surface area (Å²) in [4.78, 5) is 0. The molecule has 0 amide bonds. The van der Waals surface area contributed by atoms with Crippen LogP contribution in [0.2, 0.25) is 0 Å². The van der Waals surface area contributed by atoms with Crippen LogP contribution >= 0.6 is 7.14 Å². The molecule has 30 heavy (non-hydrogen) atoms. The van der Waals surface area contributed by atoms with Gasteiger partial charge in [0.25, 0.3) is 0 Å². The monoisotopic (exact) mass is 444 g/mol. The molecule has 0 unspecified atom stereocenters. The van der Waals surface area contributed by atoms with Crippen molar-refractivity contribution in [3.63, 3.8) is 0 Å². The average molecular weight is 444 g/mol. The Morgan fingerprint density at radius 1 is 0.633 bits per heavy atom. The normalized spacial score (nSPS) is 12.7. The molecule has 0 heterocycles. The van der Waals surface area contributed by atoms with E-state index in [0.717, 1.165) is 0 Å². The number of nitrogens with two attached hydrogens (primary N) is 2. The van der Waals surface area contributed by atoms with Crippen molar-refractivity contribution in [1.29, 1.82) is 0 Å². The van der Waals surface area contributed by atoms with Crippen LogP contribution in [0, 0.1) is 0 Å². The number of rotatable bonds is 3. The molecular weight excluding hydrogens is 429 g/mol. The maximum absolute atomic E-state index is 14.3. The second kappa shape index (κ2) is 7.40. The lowest BCUT2D eigenvalue weighted by Crippen LogP contribution is -2.30. The maximum atomic E-state index is 14.3. The van der Waals surface area contributed by atoms with Gasteiger partial charge in [0.05, 0.1) is 11.1 Å². The third-order valence-electron chi connectivity index (χ3n) is 4.49. The quantitative estimate of drug-likeness (QED) is 0.355. The number of para-hydroxylation sites is 2. The summed E-state index contributed by atoms with van der Waals surface area (Å²) in [5.74, 6) is 0.